The second-order valence-electron chi connectivity index (χ2n) is 7.84. The second-order valence-corrected chi connectivity index (χ2v) is 7.84. The second kappa shape index (κ2) is 6.43. The molecule has 1 spiro atoms. The molecule has 1 unspecified atom stereocenters. The lowest BCUT2D eigenvalue weighted by atomic mass is 9.77. The van der Waals surface area contributed by atoms with Crippen molar-refractivity contribution < 1.29 is 19.0 Å². The molecular formula is C23H25NO4. The van der Waals surface area contributed by atoms with Crippen LogP contribution in [0.2, 0.25) is 0 Å². The molecule has 0 aliphatic carbocycles. The van der Waals surface area contributed by atoms with Crippen LogP contribution in [0.3, 0.4) is 0 Å². The number of fused-ring (bicyclic) bond motifs is 5. The Bertz CT molecular complexity index is 936. The molecule has 0 aromatic heterocycles. The number of hydrogen-bond donors (Lipinski definition) is 0. The monoisotopic (exact) mass is 379 g/mol. The summed E-state index contributed by atoms with van der Waals surface area (Å²) in [5.74, 6) is 2.83. The Balaban J connectivity index is 1.58. The van der Waals surface area contributed by atoms with Crippen LogP contribution < -0.4 is 19.1 Å². The summed E-state index contributed by atoms with van der Waals surface area (Å²) in [6.45, 7) is 5.71. The van der Waals surface area contributed by atoms with E-state index in [-0.39, 0.29) is 12.7 Å². The van der Waals surface area contributed by atoms with E-state index >= 15 is 0 Å². The summed E-state index contributed by atoms with van der Waals surface area (Å²) in [7, 11) is 0. The van der Waals surface area contributed by atoms with Crippen LogP contribution in [0.4, 0.5) is 5.69 Å². The van der Waals surface area contributed by atoms with Gasteiger partial charge in [-0.1, -0.05) is 44.9 Å². The molecule has 0 bridgehead atoms. The van der Waals surface area contributed by atoms with Gasteiger partial charge >= 0.3 is 0 Å². The highest BCUT2D eigenvalue weighted by atomic mass is 16.7. The molecule has 28 heavy (non-hydrogen) atoms. The molecule has 5 heteroatoms. The maximum atomic E-state index is 13.8. The normalized spacial score (nSPS) is 21.4. The fraction of sp³-hybridized carbons (Fsp3) is 0.435. The van der Waals surface area contributed by atoms with Crippen molar-refractivity contribution in [3.05, 3.63) is 47.5 Å². The van der Waals surface area contributed by atoms with Gasteiger partial charge in [-0.15, -0.1) is 0 Å². The Kier molecular flexibility index (Phi) is 4.00. The summed E-state index contributed by atoms with van der Waals surface area (Å²) in [5, 5.41) is 0. The van der Waals surface area contributed by atoms with Crippen molar-refractivity contribution in [1.82, 2.24) is 0 Å². The first kappa shape index (κ1) is 17.4. The van der Waals surface area contributed by atoms with Crippen LogP contribution in [-0.2, 0) is 10.2 Å². The van der Waals surface area contributed by atoms with Crippen molar-refractivity contribution >= 4 is 11.6 Å². The first-order chi connectivity index (χ1) is 13.7. The highest BCUT2D eigenvalue weighted by molar-refractivity contribution is 6.11. The number of amides is 1. The van der Waals surface area contributed by atoms with Gasteiger partial charge in [0.05, 0.1) is 0 Å². The molecular weight excluding hydrogens is 354 g/mol. The van der Waals surface area contributed by atoms with E-state index in [0.717, 1.165) is 42.6 Å². The van der Waals surface area contributed by atoms with Crippen molar-refractivity contribution in [3.8, 4) is 17.2 Å². The lowest BCUT2D eigenvalue weighted by Gasteiger charge is -2.24. The third-order valence-electron chi connectivity index (χ3n) is 6.56. The molecule has 5 nitrogen and oxygen atoms in total. The fourth-order valence-corrected chi connectivity index (χ4v) is 4.80. The predicted octanol–water partition coefficient (Wildman–Crippen LogP) is 4.27. The number of anilines is 1. The largest absolute Gasteiger partial charge is 0.491 e. The number of rotatable bonds is 5. The smallest absolute Gasteiger partial charge is 0.245 e. The van der Waals surface area contributed by atoms with E-state index < -0.39 is 5.41 Å². The summed E-state index contributed by atoms with van der Waals surface area (Å²) in [5.41, 5.74) is 2.13. The molecule has 3 heterocycles. The summed E-state index contributed by atoms with van der Waals surface area (Å²) in [6, 6.07) is 11.9. The third-order valence-corrected chi connectivity index (χ3v) is 6.56. The fourth-order valence-electron chi connectivity index (χ4n) is 4.80. The van der Waals surface area contributed by atoms with Gasteiger partial charge in [0.2, 0.25) is 12.7 Å². The molecule has 2 aromatic carbocycles. The molecule has 3 aliphatic rings. The number of nitrogens with zero attached hydrogens (tertiary/aromatic N) is 1. The number of hydrogen-bond acceptors (Lipinski definition) is 4. The van der Waals surface area contributed by atoms with Gasteiger partial charge in [-0.05, 0) is 30.0 Å². The van der Waals surface area contributed by atoms with E-state index in [0.29, 0.717) is 29.8 Å². The summed E-state index contributed by atoms with van der Waals surface area (Å²) >= 11 is 0. The van der Waals surface area contributed by atoms with Crippen molar-refractivity contribution in [2.24, 2.45) is 5.92 Å². The van der Waals surface area contributed by atoms with Gasteiger partial charge in [0.25, 0.3) is 0 Å². The molecule has 2 aromatic rings. The van der Waals surface area contributed by atoms with Crippen molar-refractivity contribution in [3.63, 3.8) is 0 Å². The first-order valence-electron chi connectivity index (χ1n) is 10.2. The minimum absolute atomic E-state index is 0.109. The molecule has 5 rings (SSSR count). The van der Waals surface area contributed by atoms with Crippen LogP contribution in [0.5, 0.6) is 17.2 Å². The van der Waals surface area contributed by atoms with Gasteiger partial charge in [-0.25, -0.2) is 0 Å². The van der Waals surface area contributed by atoms with E-state index in [1.54, 1.807) is 0 Å². The zero-order valence-electron chi connectivity index (χ0n) is 16.4. The van der Waals surface area contributed by atoms with Gasteiger partial charge in [0, 0.05) is 23.9 Å². The highest BCUT2D eigenvalue weighted by Crippen LogP contribution is 2.55. The molecule has 0 radical (unpaired) electrons. The minimum Gasteiger partial charge on any atom is -0.491 e. The summed E-state index contributed by atoms with van der Waals surface area (Å²) in [6.07, 6.45) is 3.29. The molecule has 146 valence electrons. The van der Waals surface area contributed by atoms with E-state index in [4.69, 9.17) is 14.2 Å². The number of carbonyl (C=O) groups excluding carboxylic acids is 1. The van der Waals surface area contributed by atoms with Crippen LogP contribution in [-0.4, -0.2) is 25.9 Å². The van der Waals surface area contributed by atoms with Crippen LogP contribution in [0.25, 0.3) is 0 Å². The van der Waals surface area contributed by atoms with Gasteiger partial charge in [-0.3, -0.25) is 4.79 Å². The Hall–Kier alpha value is -2.69. The topological polar surface area (TPSA) is 48.0 Å². The Morgan fingerprint density at radius 3 is 2.54 bits per heavy atom. The van der Waals surface area contributed by atoms with Gasteiger partial charge in [0.15, 0.2) is 11.5 Å². The van der Waals surface area contributed by atoms with Crippen LogP contribution in [0.15, 0.2) is 36.4 Å². The lowest BCUT2D eigenvalue weighted by molar-refractivity contribution is -0.122. The van der Waals surface area contributed by atoms with Crippen LogP contribution in [0, 0.1) is 5.92 Å². The van der Waals surface area contributed by atoms with Crippen LogP contribution >= 0.6 is 0 Å². The standard InChI is InChI=1S/C23H25NO4/c1-3-15(4-2)9-10-24-18-8-6-5-7-16(18)23(22(24)25)13-26-19-12-21-20(11-17(19)23)27-14-28-21/h5-8,11-12,15H,3-4,9-10,13-14H2,1-2H3. The average Bonchev–Trinajstić information content (AvgIpc) is 3.39. The molecule has 0 saturated carbocycles. The van der Waals surface area contributed by atoms with Gasteiger partial charge in [-0.2, -0.15) is 0 Å². The first-order valence-corrected chi connectivity index (χ1v) is 10.2. The number of benzene rings is 2. The van der Waals surface area contributed by atoms with Crippen molar-refractivity contribution in [2.75, 3.05) is 24.8 Å². The third kappa shape index (κ3) is 2.28. The molecule has 0 saturated heterocycles. The number of para-hydroxylation sites is 1. The maximum absolute atomic E-state index is 13.8. The molecule has 0 N–H and O–H groups in total. The number of carbonyl (C=O) groups is 1. The summed E-state index contributed by atoms with van der Waals surface area (Å²) < 4.78 is 17.1. The van der Waals surface area contributed by atoms with E-state index in [1.165, 1.54) is 0 Å². The van der Waals surface area contributed by atoms with E-state index in [2.05, 4.69) is 26.0 Å². The SMILES string of the molecule is CCC(CC)CCN1C(=O)C2(COc3cc4c(cc32)OCO4)c2ccccc21. The average molecular weight is 379 g/mol. The van der Waals surface area contributed by atoms with Crippen molar-refractivity contribution in [1.29, 1.82) is 0 Å². The molecule has 1 atom stereocenters. The predicted molar refractivity (Wildman–Crippen MR) is 106 cm³/mol. The Labute approximate surface area is 165 Å². The van der Waals surface area contributed by atoms with Gasteiger partial charge < -0.3 is 19.1 Å². The molecule has 1 amide bonds. The maximum Gasteiger partial charge on any atom is 0.245 e. The quantitative estimate of drug-likeness (QED) is 0.779. The molecule has 3 aliphatic heterocycles. The minimum atomic E-state index is -0.791. The van der Waals surface area contributed by atoms with E-state index in [9.17, 15) is 4.79 Å². The van der Waals surface area contributed by atoms with Gasteiger partial charge in [0.1, 0.15) is 17.8 Å². The highest BCUT2D eigenvalue weighted by Gasteiger charge is 2.57. The lowest BCUT2D eigenvalue weighted by Crippen LogP contribution is -2.43. The summed E-state index contributed by atoms with van der Waals surface area (Å²) in [4.78, 5) is 15.8. The van der Waals surface area contributed by atoms with E-state index in [1.807, 2.05) is 29.2 Å². The zero-order valence-corrected chi connectivity index (χ0v) is 16.4. The van der Waals surface area contributed by atoms with Crippen LogP contribution in [0.1, 0.15) is 44.2 Å². The van der Waals surface area contributed by atoms with Crippen molar-refractivity contribution in [2.45, 2.75) is 38.5 Å². The zero-order chi connectivity index (χ0) is 19.3. The Morgan fingerprint density at radius 1 is 1.00 bits per heavy atom. The number of ether oxygens (including phenoxy) is 3. The Morgan fingerprint density at radius 2 is 1.75 bits per heavy atom. The molecule has 0 fully saturated rings.